The van der Waals surface area contributed by atoms with Crippen molar-refractivity contribution in [3.8, 4) is 10.6 Å². The molecule has 140 valence electrons. The average Bonchev–Trinajstić information content (AvgIpc) is 3.17. The number of aromatic nitrogens is 1. The lowest BCUT2D eigenvalue weighted by atomic mass is 10.1. The van der Waals surface area contributed by atoms with Gasteiger partial charge in [-0.2, -0.15) is 0 Å². The number of carbonyl (C=O) groups excluding carboxylic acids is 1. The van der Waals surface area contributed by atoms with Gasteiger partial charge in [-0.1, -0.05) is 48.5 Å². The monoisotopic (exact) mass is 386 g/mol. The summed E-state index contributed by atoms with van der Waals surface area (Å²) in [5.74, 6) is -0.0406. The quantitative estimate of drug-likeness (QED) is 0.436. The van der Waals surface area contributed by atoms with Gasteiger partial charge in [-0.25, -0.2) is 4.98 Å². The number of hydrogen-bond donors (Lipinski definition) is 1. The summed E-state index contributed by atoms with van der Waals surface area (Å²) < 4.78 is 0. The molecule has 0 radical (unpaired) electrons. The first-order chi connectivity index (χ1) is 13.7. The van der Waals surface area contributed by atoms with Crippen LogP contribution in [-0.2, 0) is 6.42 Å². The SMILES string of the molecule is Cc1ccc(-c2cc(C(=O)NCCCc3ccccc3)c3ccccc3n2)s1. The van der Waals surface area contributed by atoms with E-state index in [1.165, 1.54) is 10.4 Å². The van der Waals surface area contributed by atoms with Crippen LogP contribution in [0.2, 0.25) is 0 Å². The highest BCUT2D eigenvalue weighted by Crippen LogP contribution is 2.29. The van der Waals surface area contributed by atoms with Gasteiger partial charge in [0.05, 0.1) is 21.7 Å². The molecule has 0 atom stereocenters. The van der Waals surface area contributed by atoms with Gasteiger partial charge < -0.3 is 5.32 Å². The number of aryl methyl sites for hydroxylation is 2. The molecular formula is C24H22N2OS. The summed E-state index contributed by atoms with van der Waals surface area (Å²) in [6.45, 7) is 2.73. The molecule has 0 fully saturated rings. The number of para-hydroxylation sites is 1. The van der Waals surface area contributed by atoms with E-state index in [9.17, 15) is 4.79 Å². The van der Waals surface area contributed by atoms with Crippen LogP contribution in [-0.4, -0.2) is 17.4 Å². The van der Waals surface area contributed by atoms with Crippen molar-refractivity contribution in [1.29, 1.82) is 0 Å². The molecule has 0 aliphatic carbocycles. The maximum Gasteiger partial charge on any atom is 0.252 e. The topological polar surface area (TPSA) is 42.0 Å². The number of carbonyl (C=O) groups is 1. The summed E-state index contributed by atoms with van der Waals surface area (Å²) in [7, 11) is 0. The van der Waals surface area contributed by atoms with Crippen LogP contribution in [0.25, 0.3) is 21.5 Å². The molecule has 0 saturated carbocycles. The molecule has 2 aromatic carbocycles. The fraction of sp³-hybridized carbons (Fsp3) is 0.167. The maximum absolute atomic E-state index is 12.9. The summed E-state index contributed by atoms with van der Waals surface area (Å²) >= 11 is 1.69. The lowest BCUT2D eigenvalue weighted by molar-refractivity contribution is 0.0955. The first-order valence-electron chi connectivity index (χ1n) is 9.49. The Kier molecular flexibility index (Phi) is 5.49. The van der Waals surface area contributed by atoms with E-state index in [4.69, 9.17) is 4.98 Å². The molecule has 4 heteroatoms. The fourth-order valence-corrected chi connectivity index (χ4v) is 4.12. The van der Waals surface area contributed by atoms with E-state index in [0.29, 0.717) is 12.1 Å². The Morgan fingerprint density at radius 2 is 1.79 bits per heavy atom. The average molecular weight is 387 g/mol. The van der Waals surface area contributed by atoms with Gasteiger partial charge in [0.1, 0.15) is 0 Å². The Morgan fingerprint density at radius 3 is 2.57 bits per heavy atom. The summed E-state index contributed by atoms with van der Waals surface area (Å²) in [5, 5.41) is 3.97. The van der Waals surface area contributed by atoms with Crippen LogP contribution in [0, 0.1) is 6.92 Å². The highest BCUT2D eigenvalue weighted by Gasteiger charge is 2.14. The van der Waals surface area contributed by atoms with Gasteiger partial charge in [-0.15, -0.1) is 11.3 Å². The number of hydrogen-bond acceptors (Lipinski definition) is 3. The summed E-state index contributed by atoms with van der Waals surface area (Å²) in [4.78, 5) is 20.0. The molecule has 0 bridgehead atoms. The van der Waals surface area contributed by atoms with Gasteiger partial charge in [0.2, 0.25) is 0 Å². The van der Waals surface area contributed by atoms with Crippen molar-refractivity contribution in [2.75, 3.05) is 6.54 Å². The van der Waals surface area contributed by atoms with E-state index in [1.54, 1.807) is 11.3 Å². The van der Waals surface area contributed by atoms with Crippen LogP contribution >= 0.6 is 11.3 Å². The molecule has 2 heterocycles. The van der Waals surface area contributed by atoms with Crippen LogP contribution in [0.4, 0.5) is 0 Å². The van der Waals surface area contributed by atoms with E-state index in [0.717, 1.165) is 34.3 Å². The van der Waals surface area contributed by atoms with Crippen molar-refractivity contribution in [3.63, 3.8) is 0 Å². The second kappa shape index (κ2) is 8.36. The van der Waals surface area contributed by atoms with Gasteiger partial charge >= 0.3 is 0 Å². The van der Waals surface area contributed by atoms with Crippen LogP contribution in [0.5, 0.6) is 0 Å². The van der Waals surface area contributed by atoms with Crippen LogP contribution in [0.1, 0.15) is 27.2 Å². The minimum Gasteiger partial charge on any atom is -0.352 e. The molecule has 0 saturated heterocycles. The van der Waals surface area contributed by atoms with Crippen LogP contribution in [0.15, 0.2) is 72.8 Å². The maximum atomic E-state index is 12.9. The molecular weight excluding hydrogens is 364 g/mol. The van der Waals surface area contributed by atoms with Gasteiger partial charge in [-0.3, -0.25) is 4.79 Å². The molecule has 0 spiro atoms. The number of nitrogens with zero attached hydrogens (tertiary/aromatic N) is 1. The number of benzene rings is 2. The molecule has 4 aromatic rings. The standard InChI is InChI=1S/C24H22N2OS/c1-17-13-14-23(28-17)22-16-20(19-11-5-6-12-21(19)26-22)24(27)25-15-7-10-18-8-3-2-4-9-18/h2-6,8-9,11-14,16H,7,10,15H2,1H3,(H,25,27). The third-order valence-electron chi connectivity index (χ3n) is 4.72. The van der Waals surface area contributed by atoms with E-state index >= 15 is 0 Å². The Balaban J connectivity index is 1.53. The lowest BCUT2D eigenvalue weighted by Crippen LogP contribution is -2.25. The third-order valence-corrected chi connectivity index (χ3v) is 5.75. The van der Waals surface area contributed by atoms with Crippen LogP contribution < -0.4 is 5.32 Å². The van der Waals surface area contributed by atoms with Gasteiger partial charge in [0.15, 0.2) is 0 Å². The molecule has 1 amide bonds. The normalized spacial score (nSPS) is 10.9. The highest BCUT2D eigenvalue weighted by atomic mass is 32.1. The second-order valence-corrected chi connectivity index (χ2v) is 8.12. The zero-order valence-corrected chi connectivity index (χ0v) is 16.6. The molecule has 0 aliphatic heterocycles. The first-order valence-corrected chi connectivity index (χ1v) is 10.3. The Morgan fingerprint density at radius 1 is 1.00 bits per heavy atom. The Hall–Kier alpha value is -2.98. The van der Waals surface area contributed by atoms with E-state index in [-0.39, 0.29) is 5.91 Å². The van der Waals surface area contributed by atoms with Gasteiger partial charge in [0, 0.05) is 16.8 Å². The Labute approximate surface area is 169 Å². The minimum atomic E-state index is -0.0406. The third kappa shape index (κ3) is 4.12. The first kappa shape index (κ1) is 18.4. The molecule has 28 heavy (non-hydrogen) atoms. The molecule has 0 unspecified atom stereocenters. The number of nitrogens with one attached hydrogen (secondary N) is 1. The number of thiophene rings is 1. The van der Waals surface area contributed by atoms with E-state index < -0.39 is 0 Å². The number of amides is 1. The zero-order valence-electron chi connectivity index (χ0n) is 15.8. The smallest absolute Gasteiger partial charge is 0.252 e. The van der Waals surface area contributed by atoms with Crippen LogP contribution in [0.3, 0.4) is 0 Å². The van der Waals surface area contributed by atoms with Crippen molar-refractivity contribution in [2.24, 2.45) is 0 Å². The van der Waals surface area contributed by atoms with Crippen molar-refractivity contribution in [3.05, 3.63) is 88.8 Å². The predicted molar refractivity (Wildman–Crippen MR) is 117 cm³/mol. The van der Waals surface area contributed by atoms with Crippen molar-refractivity contribution < 1.29 is 4.79 Å². The minimum absolute atomic E-state index is 0.0406. The summed E-state index contributed by atoms with van der Waals surface area (Å²) in [6, 6.07) is 24.3. The van der Waals surface area contributed by atoms with Crippen molar-refractivity contribution in [1.82, 2.24) is 10.3 Å². The number of rotatable bonds is 6. The molecule has 1 N–H and O–H groups in total. The summed E-state index contributed by atoms with van der Waals surface area (Å²) in [6.07, 6.45) is 1.87. The van der Waals surface area contributed by atoms with Crippen molar-refractivity contribution >= 4 is 28.1 Å². The zero-order chi connectivity index (χ0) is 19.3. The predicted octanol–water partition coefficient (Wildman–Crippen LogP) is 5.63. The van der Waals surface area contributed by atoms with Crippen molar-refractivity contribution in [2.45, 2.75) is 19.8 Å². The van der Waals surface area contributed by atoms with E-state index in [2.05, 4.69) is 36.5 Å². The second-order valence-electron chi connectivity index (χ2n) is 6.83. The molecule has 3 nitrogen and oxygen atoms in total. The lowest BCUT2D eigenvalue weighted by Gasteiger charge is -2.10. The number of fused-ring (bicyclic) bond motifs is 1. The van der Waals surface area contributed by atoms with Gasteiger partial charge in [-0.05, 0) is 49.6 Å². The number of pyridine rings is 1. The molecule has 2 aromatic heterocycles. The molecule has 0 aliphatic rings. The van der Waals surface area contributed by atoms with E-state index in [1.807, 2.05) is 48.5 Å². The largest absolute Gasteiger partial charge is 0.352 e. The summed E-state index contributed by atoms with van der Waals surface area (Å²) in [5.41, 5.74) is 3.68. The molecule has 4 rings (SSSR count). The van der Waals surface area contributed by atoms with Gasteiger partial charge in [0.25, 0.3) is 5.91 Å². The Bertz CT molecular complexity index is 1100. The fourth-order valence-electron chi connectivity index (χ4n) is 3.30. The highest BCUT2D eigenvalue weighted by molar-refractivity contribution is 7.15.